The molecule has 0 spiro atoms. The van der Waals surface area contributed by atoms with Crippen LogP contribution in [0.5, 0.6) is 0 Å². The molecule has 0 aromatic heterocycles. The SMILES string of the molecule is CCN(C1CCCCC1=O)C(C)(C)C. The minimum atomic E-state index is 0.117. The van der Waals surface area contributed by atoms with Crippen molar-refractivity contribution in [1.82, 2.24) is 4.90 Å². The largest absolute Gasteiger partial charge is 0.298 e. The van der Waals surface area contributed by atoms with Crippen LogP contribution < -0.4 is 0 Å². The number of hydrogen-bond acceptors (Lipinski definition) is 2. The molecular weight excluding hydrogens is 174 g/mol. The Balaban J connectivity index is 2.72. The van der Waals surface area contributed by atoms with Crippen molar-refractivity contribution in [2.24, 2.45) is 0 Å². The second-order valence-electron chi connectivity index (χ2n) is 5.18. The van der Waals surface area contributed by atoms with Crippen molar-refractivity contribution in [2.75, 3.05) is 6.54 Å². The second kappa shape index (κ2) is 4.43. The molecule has 0 N–H and O–H groups in total. The number of carbonyl (C=O) groups is 1. The maximum Gasteiger partial charge on any atom is 0.149 e. The van der Waals surface area contributed by atoms with Crippen LogP contribution in [0.2, 0.25) is 0 Å². The summed E-state index contributed by atoms with van der Waals surface area (Å²) in [5, 5.41) is 0. The predicted octanol–water partition coefficient (Wildman–Crippen LogP) is 2.62. The van der Waals surface area contributed by atoms with E-state index in [9.17, 15) is 4.79 Å². The summed E-state index contributed by atoms with van der Waals surface area (Å²) in [6.45, 7) is 9.70. The van der Waals surface area contributed by atoms with Gasteiger partial charge in [-0.15, -0.1) is 0 Å². The summed E-state index contributed by atoms with van der Waals surface area (Å²) in [5.41, 5.74) is 0.117. The molecule has 82 valence electrons. The fourth-order valence-electron chi connectivity index (χ4n) is 2.46. The fourth-order valence-corrected chi connectivity index (χ4v) is 2.46. The lowest BCUT2D eigenvalue weighted by atomic mass is 9.89. The van der Waals surface area contributed by atoms with Crippen LogP contribution >= 0.6 is 0 Å². The molecule has 2 nitrogen and oxygen atoms in total. The Morgan fingerprint density at radius 3 is 2.43 bits per heavy atom. The first-order valence-corrected chi connectivity index (χ1v) is 5.76. The molecule has 0 aromatic carbocycles. The zero-order chi connectivity index (χ0) is 10.8. The average Bonchev–Trinajstić information content (AvgIpc) is 2.07. The number of carbonyl (C=O) groups excluding carboxylic acids is 1. The van der Waals surface area contributed by atoms with Gasteiger partial charge in [0, 0.05) is 12.0 Å². The van der Waals surface area contributed by atoms with E-state index in [1.807, 2.05) is 0 Å². The topological polar surface area (TPSA) is 20.3 Å². The smallest absolute Gasteiger partial charge is 0.149 e. The van der Waals surface area contributed by atoms with Crippen LogP contribution in [0.15, 0.2) is 0 Å². The van der Waals surface area contributed by atoms with E-state index in [4.69, 9.17) is 0 Å². The molecule has 0 aliphatic heterocycles. The van der Waals surface area contributed by atoms with Crippen LogP contribution in [0.1, 0.15) is 53.4 Å². The van der Waals surface area contributed by atoms with Gasteiger partial charge in [-0.2, -0.15) is 0 Å². The van der Waals surface area contributed by atoms with Gasteiger partial charge in [0.25, 0.3) is 0 Å². The Hall–Kier alpha value is -0.370. The molecule has 14 heavy (non-hydrogen) atoms. The Morgan fingerprint density at radius 1 is 1.36 bits per heavy atom. The van der Waals surface area contributed by atoms with Gasteiger partial charge in [-0.1, -0.05) is 13.3 Å². The summed E-state index contributed by atoms with van der Waals surface area (Å²) in [5.74, 6) is 0.452. The van der Waals surface area contributed by atoms with Gasteiger partial charge in [0.05, 0.1) is 6.04 Å². The first-order chi connectivity index (χ1) is 6.46. The van der Waals surface area contributed by atoms with Crippen molar-refractivity contribution >= 4 is 5.78 Å². The summed E-state index contributed by atoms with van der Waals surface area (Å²) in [6, 6.07) is 0.189. The van der Waals surface area contributed by atoms with Crippen molar-refractivity contribution in [3.8, 4) is 0 Å². The van der Waals surface area contributed by atoms with Gasteiger partial charge < -0.3 is 0 Å². The van der Waals surface area contributed by atoms with Gasteiger partial charge in [-0.3, -0.25) is 9.69 Å². The Morgan fingerprint density at radius 2 is 2.00 bits per heavy atom. The van der Waals surface area contributed by atoms with E-state index < -0.39 is 0 Å². The molecule has 1 aliphatic rings. The van der Waals surface area contributed by atoms with Crippen LogP contribution in [0.3, 0.4) is 0 Å². The number of likely N-dealkylation sites (N-methyl/N-ethyl adjacent to an activating group) is 1. The Kier molecular flexibility index (Phi) is 3.71. The summed E-state index contributed by atoms with van der Waals surface area (Å²) in [7, 11) is 0. The molecule has 0 radical (unpaired) electrons. The molecular formula is C12H23NO. The highest BCUT2D eigenvalue weighted by Crippen LogP contribution is 2.25. The maximum absolute atomic E-state index is 11.8. The number of ketones is 1. The van der Waals surface area contributed by atoms with Crippen LogP contribution in [-0.4, -0.2) is 28.8 Å². The number of rotatable bonds is 2. The third-order valence-electron chi connectivity index (χ3n) is 3.10. The van der Waals surface area contributed by atoms with E-state index in [2.05, 4.69) is 32.6 Å². The van der Waals surface area contributed by atoms with Gasteiger partial charge in [-0.05, 0) is 40.2 Å². The van der Waals surface area contributed by atoms with Crippen molar-refractivity contribution < 1.29 is 4.79 Å². The zero-order valence-corrected chi connectivity index (χ0v) is 9.97. The summed E-state index contributed by atoms with van der Waals surface area (Å²) in [4.78, 5) is 14.1. The van der Waals surface area contributed by atoms with Crippen LogP contribution in [0.25, 0.3) is 0 Å². The highest BCUT2D eigenvalue weighted by atomic mass is 16.1. The molecule has 1 unspecified atom stereocenters. The third-order valence-corrected chi connectivity index (χ3v) is 3.10. The van der Waals surface area contributed by atoms with E-state index in [-0.39, 0.29) is 11.6 Å². The van der Waals surface area contributed by atoms with Crippen molar-refractivity contribution in [2.45, 2.75) is 65.0 Å². The monoisotopic (exact) mass is 197 g/mol. The fraction of sp³-hybridized carbons (Fsp3) is 0.917. The molecule has 1 atom stereocenters. The first-order valence-electron chi connectivity index (χ1n) is 5.76. The lowest BCUT2D eigenvalue weighted by Crippen LogP contribution is -2.52. The third kappa shape index (κ3) is 2.57. The molecule has 0 bridgehead atoms. The molecule has 0 saturated heterocycles. The molecule has 1 saturated carbocycles. The second-order valence-corrected chi connectivity index (χ2v) is 5.18. The lowest BCUT2D eigenvalue weighted by Gasteiger charge is -2.41. The predicted molar refractivity (Wildman–Crippen MR) is 59.4 cm³/mol. The first kappa shape index (κ1) is 11.7. The number of nitrogens with zero attached hydrogens (tertiary/aromatic N) is 1. The standard InChI is InChI=1S/C12H23NO/c1-5-13(12(2,3)4)10-8-6-7-9-11(10)14/h10H,5-9H2,1-4H3. The average molecular weight is 197 g/mol. The van der Waals surface area contributed by atoms with Crippen molar-refractivity contribution in [3.63, 3.8) is 0 Å². The lowest BCUT2D eigenvalue weighted by molar-refractivity contribution is -0.128. The summed E-state index contributed by atoms with van der Waals surface area (Å²) < 4.78 is 0. The van der Waals surface area contributed by atoms with Gasteiger partial charge >= 0.3 is 0 Å². The summed E-state index contributed by atoms with van der Waals surface area (Å²) in [6.07, 6.45) is 4.15. The van der Waals surface area contributed by atoms with E-state index in [0.29, 0.717) is 5.78 Å². The zero-order valence-electron chi connectivity index (χ0n) is 9.97. The molecule has 0 heterocycles. The van der Waals surface area contributed by atoms with Crippen LogP contribution in [0.4, 0.5) is 0 Å². The van der Waals surface area contributed by atoms with Gasteiger partial charge in [0.2, 0.25) is 0 Å². The Labute approximate surface area is 87.7 Å². The minimum Gasteiger partial charge on any atom is -0.298 e. The number of hydrogen-bond donors (Lipinski definition) is 0. The molecule has 1 aliphatic carbocycles. The number of Topliss-reactive ketones (excluding diaryl/α,β-unsaturated/α-hetero) is 1. The Bertz CT molecular complexity index is 205. The molecule has 1 rings (SSSR count). The molecule has 0 aromatic rings. The normalized spacial score (nSPS) is 24.4. The maximum atomic E-state index is 11.8. The van der Waals surface area contributed by atoms with Gasteiger partial charge in [0.1, 0.15) is 5.78 Å². The van der Waals surface area contributed by atoms with Crippen molar-refractivity contribution in [1.29, 1.82) is 0 Å². The van der Waals surface area contributed by atoms with Crippen molar-refractivity contribution in [3.05, 3.63) is 0 Å². The van der Waals surface area contributed by atoms with E-state index in [1.54, 1.807) is 0 Å². The molecule has 1 fully saturated rings. The van der Waals surface area contributed by atoms with Gasteiger partial charge in [0.15, 0.2) is 0 Å². The highest BCUT2D eigenvalue weighted by Gasteiger charge is 2.33. The quantitative estimate of drug-likeness (QED) is 0.678. The minimum absolute atomic E-state index is 0.117. The van der Waals surface area contributed by atoms with Gasteiger partial charge in [-0.25, -0.2) is 0 Å². The van der Waals surface area contributed by atoms with E-state index >= 15 is 0 Å². The van der Waals surface area contributed by atoms with Crippen LogP contribution in [0, 0.1) is 0 Å². The molecule has 2 heteroatoms. The van der Waals surface area contributed by atoms with E-state index in [0.717, 1.165) is 25.8 Å². The van der Waals surface area contributed by atoms with E-state index in [1.165, 1.54) is 6.42 Å². The van der Waals surface area contributed by atoms with Crippen LogP contribution in [-0.2, 0) is 4.79 Å². The molecule has 0 amide bonds. The highest BCUT2D eigenvalue weighted by molar-refractivity contribution is 5.84. The summed E-state index contributed by atoms with van der Waals surface area (Å²) >= 11 is 0.